The molecular formula is C16H13Cl2N2O2+. The predicted molar refractivity (Wildman–Crippen MR) is 85.3 cm³/mol. The van der Waals surface area contributed by atoms with Gasteiger partial charge in [-0.15, -0.1) is 0 Å². The van der Waals surface area contributed by atoms with Crippen molar-refractivity contribution in [1.29, 1.82) is 0 Å². The summed E-state index contributed by atoms with van der Waals surface area (Å²) in [7, 11) is 0. The second-order valence-electron chi connectivity index (χ2n) is 5.03. The SMILES string of the molecule is O=C(O)Cn1c[n+](Cc2ccc3ccccc3c2)c(Cl)c1Cl. The number of carboxylic acids is 1. The van der Waals surface area contributed by atoms with Crippen LogP contribution in [0.4, 0.5) is 0 Å². The van der Waals surface area contributed by atoms with Crippen molar-refractivity contribution < 1.29 is 14.5 Å². The molecule has 0 saturated carbocycles. The summed E-state index contributed by atoms with van der Waals surface area (Å²) < 4.78 is 3.14. The number of aliphatic carboxylic acids is 1. The molecule has 0 spiro atoms. The van der Waals surface area contributed by atoms with Gasteiger partial charge in [-0.2, -0.15) is 0 Å². The van der Waals surface area contributed by atoms with E-state index in [1.807, 2.05) is 24.3 Å². The van der Waals surface area contributed by atoms with Gasteiger partial charge in [-0.05, 0) is 45.6 Å². The molecule has 6 heteroatoms. The quantitative estimate of drug-likeness (QED) is 0.743. The predicted octanol–water partition coefficient (Wildman–Crippen LogP) is 3.37. The molecule has 22 heavy (non-hydrogen) atoms. The van der Waals surface area contributed by atoms with E-state index in [4.69, 9.17) is 28.3 Å². The van der Waals surface area contributed by atoms with Crippen molar-refractivity contribution in [3.05, 3.63) is 64.7 Å². The lowest BCUT2D eigenvalue weighted by Gasteiger charge is -2.02. The van der Waals surface area contributed by atoms with Gasteiger partial charge in [0.15, 0.2) is 6.54 Å². The maximum absolute atomic E-state index is 10.8. The molecule has 0 bridgehead atoms. The largest absolute Gasteiger partial charge is 0.478 e. The number of aromatic nitrogens is 2. The zero-order valence-electron chi connectivity index (χ0n) is 11.5. The fourth-order valence-corrected chi connectivity index (χ4v) is 2.83. The van der Waals surface area contributed by atoms with Crippen LogP contribution in [0.3, 0.4) is 0 Å². The van der Waals surface area contributed by atoms with E-state index in [-0.39, 0.29) is 11.7 Å². The first-order valence-electron chi connectivity index (χ1n) is 6.67. The number of halogens is 2. The molecule has 0 amide bonds. The summed E-state index contributed by atoms with van der Waals surface area (Å²) in [6.45, 7) is 0.305. The Kier molecular flexibility index (Phi) is 4.05. The van der Waals surface area contributed by atoms with Gasteiger partial charge < -0.3 is 5.11 Å². The van der Waals surface area contributed by atoms with Crippen LogP contribution in [0.2, 0.25) is 10.3 Å². The summed E-state index contributed by atoms with van der Waals surface area (Å²) in [4.78, 5) is 10.8. The van der Waals surface area contributed by atoms with Crippen molar-refractivity contribution in [3.8, 4) is 0 Å². The van der Waals surface area contributed by atoms with E-state index in [0.717, 1.165) is 10.9 Å². The summed E-state index contributed by atoms with van der Waals surface area (Å²) in [6, 6.07) is 14.3. The van der Waals surface area contributed by atoms with Gasteiger partial charge in [0.2, 0.25) is 6.33 Å². The normalized spacial score (nSPS) is 11.0. The molecule has 3 aromatic rings. The minimum absolute atomic E-state index is 0.219. The standard InChI is InChI=1S/C16H12Cl2N2O2/c17-15-16(18)20(9-14(21)22)10-19(15)8-11-5-6-12-3-1-2-4-13(12)7-11/h1-7,10H,8-9H2/p+1. The molecule has 0 aliphatic carbocycles. The van der Waals surface area contributed by atoms with E-state index in [9.17, 15) is 4.79 Å². The third kappa shape index (κ3) is 2.93. The van der Waals surface area contributed by atoms with Gasteiger partial charge in [-0.25, -0.2) is 13.9 Å². The molecule has 2 aromatic carbocycles. The number of rotatable bonds is 4. The van der Waals surface area contributed by atoms with Gasteiger partial charge >= 0.3 is 5.97 Å². The highest BCUT2D eigenvalue weighted by Gasteiger charge is 2.21. The van der Waals surface area contributed by atoms with Crippen LogP contribution < -0.4 is 4.57 Å². The Balaban J connectivity index is 1.92. The third-order valence-corrected chi connectivity index (χ3v) is 4.31. The Morgan fingerprint density at radius 3 is 2.59 bits per heavy atom. The average Bonchev–Trinajstić information content (AvgIpc) is 2.75. The smallest absolute Gasteiger partial charge is 0.346 e. The molecule has 0 aliphatic heterocycles. The molecule has 112 valence electrons. The van der Waals surface area contributed by atoms with Crippen molar-refractivity contribution >= 4 is 39.9 Å². The van der Waals surface area contributed by atoms with E-state index in [1.54, 1.807) is 10.9 Å². The summed E-state index contributed by atoms with van der Waals surface area (Å²) in [5.74, 6) is -0.966. The Hall–Kier alpha value is -2.04. The number of carboxylic acid groups (broad SMARTS) is 1. The summed E-state index contributed by atoms with van der Waals surface area (Å²) in [5.41, 5.74) is 1.06. The topological polar surface area (TPSA) is 46.1 Å². The lowest BCUT2D eigenvalue weighted by molar-refractivity contribution is -0.685. The third-order valence-electron chi connectivity index (χ3n) is 3.43. The average molecular weight is 336 g/mol. The summed E-state index contributed by atoms with van der Waals surface area (Å²) in [6.07, 6.45) is 1.62. The first-order valence-corrected chi connectivity index (χ1v) is 7.43. The van der Waals surface area contributed by atoms with Crippen molar-refractivity contribution in [2.45, 2.75) is 13.1 Å². The maximum atomic E-state index is 10.8. The molecule has 1 heterocycles. The molecule has 0 fully saturated rings. The van der Waals surface area contributed by atoms with Gasteiger partial charge in [0.05, 0.1) is 0 Å². The van der Waals surface area contributed by atoms with E-state index in [0.29, 0.717) is 11.7 Å². The van der Waals surface area contributed by atoms with Crippen LogP contribution in [0.5, 0.6) is 0 Å². The lowest BCUT2D eigenvalue weighted by atomic mass is 10.1. The van der Waals surface area contributed by atoms with Crippen LogP contribution >= 0.6 is 23.2 Å². The van der Waals surface area contributed by atoms with Crippen LogP contribution in [-0.4, -0.2) is 15.6 Å². The molecule has 0 radical (unpaired) electrons. The fourth-order valence-electron chi connectivity index (χ4n) is 2.41. The van der Waals surface area contributed by atoms with E-state index in [2.05, 4.69) is 18.2 Å². The summed E-state index contributed by atoms with van der Waals surface area (Å²) in [5, 5.41) is 11.7. The van der Waals surface area contributed by atoms with Gasteiger partial charge in [0.1, 0.15) is 6.54 Å². The molecule has 0 unspecified atom stereocenters. The van der Waals surface area contributed by atoms with Crippen molar-refractivity contribution in [2.24, 2.45) is 0 Å². The number of hydrogen-bond donors (Lipinski definition) is 1. The minimum Gasteiger partial charge on any atom is -0.478 e. The van der Waals surface area contributed by atoms with Crippen molar-refractivity contribution in [2.75, 3.05) is 0 Å². The number of carbonyl (C=O) groups is 1. The second kappa shape index (κ2) is 5.99. The number of imidazole rings is 1. The minimum atomic E-state index is -0.966. The van der Waals surface area contributed by atoms with E-state index < -0.39 is 5.97 Å². The van der Waals surface area contributed by atoms with Crippen LogP contribution in [0.15, 0.2) is 48.8 Å². The van der Waals surface area contributed by atoms with E-state index in [1.165, 1.54) is 9.95 Å². The Morgan fingerprint density at radius 2 is 1.86 bits per heavy atom. The molecule has 4 nitrogen and oxygen atoms in total. The second-order valence-corrected chi connectivity index (χ2v) is 5.74. The monoisotopic (exact) mass is 335 g/mol. The molecular weight excluding hydrogens is 323 g/mol. The molecule has 0 saturated heterocycles. The van der Waals surface area contributed by atoms with E-state index >= 15 is 0 Å². The van der Waals surface area contributed by atoms with Gasteiger partial charge in [0.25, 0.3) is 10.3 Å². The molecule has 0 atom stereocenters. The zero-order valence-corrected chi connectivity index (χ0v) is 13.1. The Labute approximate surface area is 137 Å². The highest BCUT2D eigenvalue weighted by atomic mass is 35.5. The Bertz CT molecular complexity index is 858. The lowest BCUT2D eigenvalue weighted by Crippen LogP contribution is -2.33. The van der Waals surface area contributed by atoms with Crippen LogP contribution in [0.25, 0.3) is 10.8 Å². The van der Waals surface area contributed by atoms with Crippen LogP contribution in [-0.2, 0) is 17.9 Å². The zero-order chi connectivity index (χ0) is 15.7. The molecule has 0 aliphatic rings. The van der Waals surface area contributed by atoms with Crippen LogP contribution in [0.1, 0.15) is 5.56 Å². The van der Waals surface area contributed by atoms with Crippen molar-refractivity contribution in [3.63, 3.8) is 0 Å². The van der Waals surface area contributed by atoms with Crippen LogP contribution in [0, 0.1) is 0 Å². The van der Waals surface area contributed by atoms with Gasteiger partial charge in [0, 0.05) is 0 Å². The fraction of sp³-hybridized carbons (Fsp3) is 0.125. The number of hydrogen-bond acceptors (Lipinski definition) is 1. The molecule has 1 aromatic heterocycles. The number of fused-ring (bicyclic) bond motifs is 1. The summed E-state index contributed by atoms with van der Waals surface area (Å²) >= 11 is 12.2. The highest BCUT2D eigenvalue weighted by Crippen LogP contribution is 2.20. The first-order chi connectivity index (χ1) is 10.5. The highest BCUT2D eigenvalue weighted by molar-refractivity contribution is 6.39. The number of benzene rings is 2. The maximum Gasteiger partial charge on any atom is 0.346 e. The Morgan fingerprint density at radius 1 is 1.14 bits per heavy atom. The van der Waals surface area contributed by atoms with Gasteiger partial charge in [-0.1, -0.05) is 36.4 Å². The molecule has 3 rings (SSSR count). The van der Waals surface area contributed by atoms with Crippen molar-refractivity contribution in [1.82, 2.24) is 4.57 Å². The number of nitrogens with zero attached hydrogens (tertiary/aromatic N) is 2. The first kappa shape index (κ1) is 14.9. The van der Waals surface area contributed by atoms with Gasteiger partial charge in [-0.3, -0.25) is 0 Å². The molecule has 1 N–H and O–H groups in total.